The standard InChI is InChI=1S/C22H18F2N6O/c1-29-9-14-4-13(7-26-20(14)28-29)19-8-25-17-3-2-12(5-18(17)27-19)21(31)30-10-15-6-16(11-30)22(15,23)24/h2-5,7-9,15-16H,6,10-11H2,1H3/t15-,16+. The lowest BCUT2D eigenvalue weighted by atomic mass is 9.67. The van der Waals surface area contributed by atoms with Crippen molar-refractivity contribution in [2.75, 3.05) is 13.1 Å². The highest BCUT2D eigenvalue weighted by Crippen LogP contribution is 2.52. The first-order valence-electron chi connectivity index (χ1n) is 10.1. The average Bonchev–Trinajstić information content (AvgIpc) is 3.17. The van der Waals surface area contributed by atoms with Crippen molar-refractivity contribution in [2.24, 2.45) is 18.9 Å². The summed E-state index contributed by atoms with van der Waals surface area (Å²) in [5.74, 6) is -4.32. The van der Waals surface area contributed by atoms with Crippen LogP contribution in [0.15, 0.2) is 42.9 Å². The van der Waals surface area contributed by atoms with E-state index >= 15 is 0 Å². The van der Waals surface area contributed by atoms with Crippen LogP contribution in [0, 0.1) is 11.8 Å². The largest absolute Gasteiger partial charge is 0.338 e. The molecule has 2 atom stereocenters. The zero-order valence-electron chi connectivity index (χ0n) is 16.7. The minimum atomic E-state index is -2.63. The van der Waals surface area contributed by atoms with E-state index < -0.39 is 17.8 Å². The molecule has 1 aromatic carbocycles. The Labute approximate surface area is 175 Å². The number of aromatic nitrogens is 5. The smallest absolute Gasteiger partial charge is 0.257 e. The SMILES string of the molecule is Cn1cc2cc(-c3cnc4ccc(C(=O)N5C[C@H]6C[C@@H](C5)C6(F)F)cc4n3)cnc2n1. The third-order valence-electron chi connectivity index (χ3n) is 6.38. The Kier molecular flexibility index (Phi) is 3.69. The van der Waals surface area contributed by atoms with E-state index in [-0.39, 0.29) is 19.0 Å². The van der Waals surface area contributed by atoms with Crippen molar-refractivity contribution >= 4 is 28.0 Å². The van der Waals surface area contributed by atoms with Crippen molar-refractivity contribution < 1.29 is 13.6 Å². The summed E-state index contributed by atoms with van der Waals surface area (Å²) >= 11 is 0. The van der Waals surface area contributed by atoms with E-state index in [1.54, 1.807) is 35.3 Å². The molecular formula is C22H18F2N6O. The number of alkyl halides is 2. The molecule has 31 heavy (non-hydrogen) atoms. The third-order valence-corrected chi connectivity index (χ3v) is 6.38. The molecule has 7 nitrogen and oxygen atoms in total. The molecule has 0 radical (unpaired) electrons. The van der Waals surface area contributed by atoms with Gasteiger partial charge < -0.3 is 4.90 Å². The third kappa shape index (κ3) is 2.79. The summed E-state index contributed by atoms with van der Waals surface area (Å²) in [4.78, 5) is 28.0. The number of fused-ring (bicyclic) bond motifs is 4. The fourth-order valence-electron chi connectivity index (χ4n) is 4.63. The van der Waals surface area contributed by atoms with Crippen LogP contribution in [0.2, 0.25) is 0 Å². The maximum atomic E-state index is 13.8. The van der Waals surface area contributed by atoms with Gasteiger partial charge in [-0.05, 0) is 30.7 Å². The maximum Gasteiger partial charge on any atom is 0.257 e. The normalized spacial score (nSPS) is 22.0. The number of hydrogen-bond acceptors (Lipinski definition) is 5. The lowest BCUT2D eigenvalue weighted by Crippen LogP contribution is -2.63. The molecule has 2 aliphatic heterocycles. The van der Waals surface area contributed by atoms with E-state index in [1.165, 1.54) is 4.90 Å². The second kappa shape index (κ2) is 6.26. The lowest BCUT2D eigenvalue weighted by molar-refractivity contribution is -0.219. The topological polar surface area (TPSA) is 76.8 Å². The van der Waals surface area contributed by atoms with Crippen LogP contribution in [0.25, 0.3) is 33.3 Å². The Morgan fingerprint density at radius 1 is 1.10 bits per heavy atom. The summed E-state index contributed by atoms with van der Waals surface area (Å²) in [6.45, 7) is 0.200. The molecule has 3 aliphatic rings. The molecule has 2 bridgehead atoms. The molecular weight excluding hydrogens is 402 g/mol. The van der Waals surface area contributed by atoms with Gasteiger partial charge in [-0.1, -0.05) is 0 Å². The zero-order chi connectivity index (χ0) is 21.3. The summed E-state index contributed by atoms with van der Waals surface area (Å²) in [6.07, 6.45) is 5.74. The first kappa shape index (κ1) is 18.3. The zero-order valence-corrected chi connectivity index (χ0v) is 16.7. The molecule has 7 rings (SSSR count). The van der Waals surface area contributed by atoms with E-state index in [4.69, 9.17) is 0 Å². The molecule has 3 aromatic heterocycles. The van der Waals surface area contributed by atoms with Gasteiger partial charge in [-0.2, -0.15) is 5.10 Å². The molecule has 0 spiro atoms. The van der Waals surface area contributed by atoms with Gasteiger partial charge in [0.25, 0.3) is 11.8 Å². The van der Waals surface area contributed by atoms with Crippen LogP contribution < -0.4 is 0 Å². The van der Waals surface area contributed by atoms with Crippen LogP contribution in [0.4, 0.5) is 8.78 Å². The molecule has 3 fully saturated rings. The van der Waals surface area contributed by atoms with Gasteiger partial charge in [0.15, 0.2) is 5.65 Å². The Balaban J connectivity index is 1.32. The van der Waals surface area contributed by atoms with Gasteiger partial charge in [-0.15, -0.1) is 0 Å². The van der Waals surface area contributed by atoms with Gasteiger partial charge in [-0.3, -0.25) is 14.5 Å². The molecule has 5 heterocycles. The number of amides is 1. The van der Waals surface area contributed by atoms with Crippen LogP contribution in [0.5, 0.6) is 0 Å². The van der Waals surface area contributed by atoms with Gasteiger partial charge in [0.05, 0.1) is 22.9 Å². The van der Waals surface area contributed by atoms with Gasteiger partial charge in [0.1, 0.15) is 0 Å². The molecule has 4 aromatic rings. The number of carbonyl (C=O) groups excluding carboxylic acids is 1. The Morgan fingerprint density at radius 3 is 2.68 bits per heavy atom. The van der Waals surface area contributed by atoms with Gasteiger partial charge in [0.2, 0.25) is 0 Å². The summed E-state index contributed by atoms with van der Waals surface area (Å²) in [5.41, 5.74) is 3.74. The number of hydrogen-bond donors (Lipinski definition) is 0. The number of rotatable bonds is 2. The number of carbonyl (C=O) groups is 1. The van der Waals surface area contributed by atoms with Crippen LogP contribution >= 0.6 is 0 Å². The second-order valence-electron chi connectivity index (χ2n) is 8.41. The highest BCUT2D eigenvalue weighted by Gasteiger charge is 2.61. The van der Waals surface area contributed by atoms with Crippen LogP contribution in [0.3, 0.4) is 0 Å². The number of pyridine rings is 1. The summed E-state index contributed by atoms with van der Waals surface area (Å²) in [7, 11) is 1.84. The van der Waals surface area contributed by atoms with E-state index in [9.17, 15) is 13.6 Å². The van der Waals surface area contributed by atoms with Gasteiger partial charge in [0, 0.05) is 60.9 Å². The van der Waals surface area contributed by atoms with E-state index in [2.05, 4.69) is 20.1 Å². The van der Waals surface area contributed by atoms with Crippen LogP contribution in [-0.2, 0) is 7.05 Å². The minimum absolute atomic E-state index is 0.100. The predicted octanol–water partition coefficient (Wildman–Crippen LogP) is 3.31. The molecule has 1 amide bonds. The van der Waals surface area contributed by atoms with Gasteiger partial charge >= 0.3 is 0 Å². The fourth-order valence-corrected chi connectivity index (χ4v) is 4.63. The van der Waals surface area contributed by atoms with Crippen molar-refractivity contribution in [1.29, 1.82) is 0 Å². The highest BCUT2D eigenvalue weighted by molar-refractivity contribution is 5.97. The molecule has 9 heteroatoms. The Hall–Kier alpha value is -3.49. The van der Waals surface area contributed by atoms with E-state index in [1.807, 2.05) is 19.3 Å². The van der Waals surface area contributed by atoms with Crippen molar-refractivity contribution in [3.63, 3.8) is 0 Å². The fraction of sp³-hybridized carbons (Fsp3) is 0.318. The Morgan fingerprint density at radius 2 is 1.90 bits per heavy atom. The molecule has 1 aliphatic carbocycles. The number of nitrogens with zero attached hydrogens (tertiary/aromatic N) is 6. The van der Waals surface area contributed by atoms with Crippen LogP contribution in [0.1, 0.15) is 16.8 Å². The molecule has 1 saturated carbocycles. The highest BCUT2D eigenvalue weighted by atomic mass is 19.3. The van der Waals surface area contributed by atoms with Crippen molar-refractivity contribution in [3.8, 4) is 11.3 Å². The van der Waals surface area contributed by atoms with Gasteiger partial charge in [-0.25, -0.2) is 18.7 Å². The van der Waals surface area contributed by atoms with E-state index in [0.717, 1.165) is 10.9 Å². The first-order chi connectivity index (χ1) is 14.9. The number of halogens is 2. The summed E-state index contributed by atoms with van der Waals surface area (Å²) < 4.78 is 29.4. The maximum absolute atomic E-state index is 13.8. The van der Waals surface area contributed by atoms with Crippen LogP contribution in [-0.4, -0.2) is 54.6 Å². The molecule has 156 valence electrons. The minimum Gasteiger partial charge on any atom is -0.338 e. The monoisotopic (exact) mass is 420 g/mol. The summed E-state index contributed by atoms with van der Waals surface area (Å²) in [6, 6.07) is 7.05. The van der Waals surface area contributed by atoms with Crippen molar-refractivity contribution in [1.82, 2.24) is 29.6 Å². The predicted molar refractivity (Wildman–Crippen MR) is 109 cm³/mol. The molecule has 0 N–H and O–H groups in total. The van der Waals surface area contributed by atoms with Crippen molar-refractivity contribution in [2.45, 2.75) is 12.3 Å². The first-order valence-corrected chi connectivity index (χ1v) is 10.1. The second-order valence-corrected chi connectivity index (χ2v) is 8.41. The average molecular weight is 420 g/mol. The number of aryl methyl sites for hydroxylation is 1. The molecule has 0 unspecified atom stereocenters. The number of piperidine rings is 2. The van der Waals surface area contributed by atoms with Crippen molar-refractivity contribution in [3.05, 3.63) is 48.4 Å². The lowest BCUT2D eigenvalue weighted by Gasteiger charge is -2.53. The molecule has 2 saturated heterocycles. The Bertz CT molecular complexity index is 1350. The van der Waals surface area contributed by atoms with E-state index in [0.29, 0.717) is 34.4 Å². The summed E-state index contributed by atoms with van der Waals surface area (Å²) in [5, 5.41) is 5.17. The quantitative estimate of drug-likeness (QED) is 0.497. The number of benzene rings is 1.